The number of nitrogens with zero attached hydrogens (tertiary/aromatic N) is 1. The number of hydrogen-bond acceptors (Lipinski definition) is 4. The molecule has 2 rings (SSSR count). The highest BCUT2D eigenvalue weighted by Crippen LogP contribution is 2.34. The molecular weight excluding hydrogens is 393 g/mol. The van der Waals surface area contributed by atoms with E-state index in [1.165, 1.54) is 23.5 Å². The van der Waals surface area contributed by atoms with Gasteiger partial charge in [-0.1, -0.05) is 11.6 Å². The fourth-order valence-electron chi connectivity index (χ4n) is 1.67. The Morgan fingerprint density at radius 2 is 2.14 bits per heavy atom. The van der Waals surface area contributed by atoms with Gasteiger partial charge in [-0.15, -0.1) is 24.5 Å². The van der Waals surface area contributed by atoms with Crippen molar-refractivity contribution in [2.24, 2.45) is 0 Å². The monoisotopic (exact) mass is 400 g/mol. The van der Waals surface area contributed by atoms with E-state index in [0.29, 0.717) is 26.7 Å². The number of nitrogens with one attached hydrogen (secondary N) is 1. The van der Waals surface area contributed by atoms with E-state index in [-0.39, 0.29) is 5.75 Å². The number of ether oxygens (including phenoxy) is 1. The van der Waals surface area contributed by atoms with Crippen molar-refractivity contribution in [1.29, 1.82) is 0 Å². The Hall–Kier alpha value is -0.990. The molecule has 0 fully saturated rings. The van der Waals surface area contributed by atoms with Crippen molar-refractivity contribution in [2.45, 2.75) is 19.8 Å². The second-order valence-corrected chi connectivity index (χ2v) is 6.63. The zero-order chi connectivity index (χ0) is 15.6. The molecule has 1 aromatic carbocycles. The lowest BCUT2D eigenvalue weighted by Gasteiger charge is -2.14. The molecule has 0 aliphatic carbocycles. The van der Waals surface area contributed by atoms with Crippen molar-refractivity contribution in [3.63, 3.8) is 0 Å². The van der Waals surface area contributed by atoms with Crippen LogP contribution in [0.1, 0.15) is 10.4 Å². The fraction of sp³-hybridized carbons (Fsp3) is 0.250. The molecule has 0 saturated heterocycles. The minimum Gasteiger partial charge on any atom is -0.406 e. The smallest absolute Gasteiger partial charge is 0.406 e. The molecule has 114 valence electrons. The van der Waals surface area contributed by atoms with Crippen LogP contribution in [0, 0.1) is 6.92 Å². The van der Waals surface area contributed by atoms with Crippen LogP contribution in [-0.4, -0.2) is 11.3 Å². The van der Waals surface area contributed by atoms with E-state index in [2.05, 4.69) is 31.0 Å². The lowest BCUT2D eigenvalue weighted by molar-refractivity contribution is -0.274. The molecule has 1 N–H and O–H groups in total. The number of halogens is 5. The first-order chi connectivity index (χ1) is 9.74. The minimum absolute atomic E-state index is 0.266. The Labute approximate surface area is 136 Å². The number of benzene rings is 1. The van der Waals surface area contributed by atoms with Crippen LogP contribution in [0.2, 0.25) is 4.47 Å². The van der Waals surface area contributed by atoms with E-state index in [4.69, 9.17) is 11.6 Å². The molecule has 0 aliphatic rings. The van der Waals surface area contributed by atoms with Crippen molar-refractivity contribution in [3.05, 3.63) is 37.7 Å². The number of anilines is 1. The van der Waals surface area contributed by atoms with Crippen LogP contribution in [-0.2, 0) is 6.54 Å². The summed E-state index contributed by atoms with van der Waals surface area (Å²) in [5.74, 6) is -0.266. The number of hydrogen-bond donors (Lipinski definition) is 1. The van der Waals surface area contributed by atoms with E-state index in [9.17, 15) is 13.2 Å². The van der Waals surface area contributed by atoms with Crippen molar-refractivity contribution < 1.29 is 17.9 Å². The summed E-state index contributed by atoms with van der Waals surface area (Å²) in [6.45, 7) is 2.17. The van der Waals surface area contributed by atoms with Crippen LogP contribution < -0.4 is 10.1 Å². The molecule has 0 bridgehead atoms. The van der Waals surface area contributed by atoms with Crippen LogP contribution in [0.4, 0.5) is 18.9 Å². The Bertz CT molecular complexity index is 625. The molecule has 0 amide bonds. The van der Waals surface area contributed by atoms with Gasteiger partial charge in [-0.2, -0.15) is 0 Å². The number of rotatable bonds is 4. The second-order valence-electron chi connectivity index (χ2n) is 4.08. The Kier molecular flexibility index (Phi) is 5.00. The van der Waals surface area contributed by atoms with Crippen LogP contribution >= 0.6 is 38.9 Å². The van der Waals surface area contributed by atoms with Crippen LogP contribution in [0.15, 0.2) is 22.8 Å². The first kappa shape index (κ1) is 16.4. The van der Waals surface area contributed by atoms with Crippen molar-refractivity contribution in [1.82, 2.24) is 4.98 Å². The normalized spacial score (nSPS) is 11.5. The summed E-state index contributed by atoms with van der Waals surface area (Å²) in [6.07, 6.45) is -3.06. The summed E-state index contributed by atoms with van der Waals surface area (Å²) in [4.78, 5) is 4.83. The summed E-state index contributed by atoms with van der Waals surface area (Å²) in [5.41, 5.74) is 1.31. The van der Waals surface area contributed by atoms with Gasteiger partial charge in [-0.25, -0.2) is 4.98 Å². The Balaban J connectivity index is 2.13. The molecule has 0 atom stereocenters. The van der Waals surface area contributed by atoms with Gasteiger partial charge in [0.05, 0.1) is 12.2 Å². The average Bonchev–Trinajstić information content (AvgIpc) is 2.71. The van der Waals surface area contributed by atoms with Crippen LogP contribution in [0.25, 0.3) is 0 Å². The third-order valence-corrected chi connectivity index (χ3v) is 4.20. The highest BCUT2D eigenvalue weighted by atomic mass is 79.9. The number of alkyl halides is 3. The fourth-order valence-corrected chi connectivity index (χ4v) is 3.27. The van der Waals surface area contributed by atoms with Gasteiger partial charge in [0.15, 0.2) is 4.47 Å². The molecule has 1 heterocycles. The van der Waals surface area contributed by atoms with Crippen molar-refractivity contribution in [3.8, 4) is 5.75 Å². The standard InChI is InChI=1S/C12H9BrClF3N2OS/c1-6-2-7(20-12(15,16)17)3-9(13)10(6)18-4-8-5-19-11(14)21-8/h2-3,5,18H,4H2,1H3. The van der Waals surface area contributed by atoms with Gasteiger partial charge in [0, 0.05) is 15.5 Å². The zero-order valence-corrected chi connectivity index (χ0v) is 13.8. The molecule has 3 nitrogen and oxygen atoms in total. The molecule has 1 aromatic heterocycles. The third-order valence-electron chi connectivity index (χ3n) is 2.46. The lowest BCUT2D eigenvalue weighted by atomic mass is 10.2. The summed E-state index contributed by atoms with van der Waals surface area (Å²) in [5, 5.41) is 3.13. The summed E-state index contributed by atoms with van der Waals surface area (Å²) in [7, 11) is 0. The molecule has 2 aromatic rings. The molecule has 9 heteroatoms. The molecular formula is C12H9BrClF3N2OS. The van der Waals surface area contributed by atoms with E-state index < -0.39 is 6.36 Å². The maximum Gasteiger partial charge on any atom is 0.573 e. The van der Waals surface area contributed by atoms with Gasteiger partial charge in [-0.05, 0) is 40.5 Å². The summed E-state index contributed by atoms with van der Waals surface area (Å²) < 4.78 is 41.4. The maximum atomic E-state index is 12.2. The van der Waals surface area contributed by atoms with Gasteiger partial charge >= 0.3 is 6.36 Å². The Morgan fingerprint density at radius 1 is 1.43 bits per heavy atom. The van der Waals surface area contributed by atoms with E-state index >= 15 is 0 Å². The van der Waals surface area contributed by atoms with Crippen LogP contribution in [0.5, 0.6) is 5.75 Å². The molecule has 0 spiro atoms. The summed E-state index contributed by atoms with van der Waals surface area (Å²) in [6, 6.07) is 2.59. The Morgan fingerprint density at radius 3 is 2.67 bits per heavy atom. The highest BCUT2D eigenvalue weighted by molar-refractivity contribution is 9.10. The molecule has 0 radical (unpaired) electrons. The maximum absolute atomic E-state index is 12.2. The lowest BCUT2D eigenvalue weighted by Crippen LogP contribution is -2.17. The number of thiazole rings is 1. The topological polar surface area (TPSA) is 34.1 Å². The van der Waals surface area contributed by atoms with E-state index in [0.717, 1.165) is 4.88 Å². The minimum atomic E-state index is -4.71. The largest absolute Gasteiger partial charge is 0.573 e. The predicted molar refractivity (Wildman–Crippen MR) is 80.0 cm³/mol. The third kappa shape index (κ3) is 4.76. The molecule has 0 saturated carbocycles. The zero-order valence-electron chi connectivity index (χ0n) is 10.6. The summed E-state index contributed by atoms with van der Waals surface area (Å²) >= 11 is 10.3. The quantitative estimate of drug-likeness (QED) is 0.747. The average molecular weight is 402 g/mol. The van der Waals surface area contributed by atoms with Gasteiger partial charge in [0.2, 0.25) is 0 Å². The van der Waals surface area contributed by atoms with Gasteiger partial charge in [0.1, 0.15) is 5.75 Å². The molecule has 21 heavy (non-hydrogen) atoms. The first-order valence-corrected chi connectivity index (χ1v) is 7.63. The van der Waals surface area contributed by atoms with Gasteiger partial charge in [0.25, 0.3) is 0 Å². The first-order valence-electron chi connectivity index (χ1n) is 5.64. The second kappa shape index (κ2) is 6.41. The SMILES string of the molecule is Cc1cc(OC(F)(F)F)cc(Br)c1NCc1cnc(Cl)s1. The number of aryl methyl sites for hydroxylation is 1. The van der Waals surface area contributed by atoms with Gasteiger partial charge in [-0.3, -0.25) is 0 Å². The van der Waals surface area contributed by atoms with Crippen molar-refractivity contribution in [2.75, 3.05) is 5.32 Å². The molecule has 0 aliphatic heterocycles. The highest BCUT2D eigenvalue weighted by Gasteiger charge is 2.31. The van der Waals surface area contributed by atoms with E-state index in [1.807, 2.05) is 0 Å². The molecule has 0 unspecified atom stereocenters. The van der Waals surface area contributed by atoms with E-state index in [1.54, 1.807) is 13.1 Å². The predicted octanol–water partition coefficient (Wildman–Crippen LogP) is 5.38. The number of aromatic nitrogens is 1. The van der Waals surface area contributed by atoms with Crippen molar-refractivity contribution >= 4 is 44.6 Å². The van der Waals surface area contributed by atoms with Gasteiger partial charge < -0.3 is 10.1 Å². The van der Waals surface area contributed by atoms with Crippen LogP contribution in [0.3, 0.4) is 0 Å².